The van der Waals surface area contributed by atoms with Crippen molar-refractivity contribution in [2.24, 2.45) is 4.99 Å². The number of amidine groups is 1. The Balaban J connectivity index is 1.92. The number of ether oxygens (including phenoxy) is 4. The van der Waals surface area contributed by atoms with Crippen LogP contribution in [-0.4, -0.2) is 50.7 Å². The fourth-order valence-corrected chi connectivity index (χ4v) is 4.47. The lowest BCUT2D eigenvalue weighted by Gasteiger charge is -2.26. The van der Waals surface area contributed by atoms with Crippen LogP contribution in [0.4, 0.5) is 5.69 Å². The molecule has 36 heavy (non-hydrogen) atoms. The Hall–Kier alpha value is -3.66. The Kier molecular flexibility index (Phi) is 9.24. The lowest BCUT2D eigenvalue weighted by molar-refractivity contribution is -0.139. The zero-order valence-corrected chi connectivity index (χ0v) is 22.1. The molecule has 9 nitrogen and oxygen atoms in total. The zero-order chi connectivity index (χ0) is 26.2. The van der Waals surface area contributed by atoms with Crippen molar-refractivity contribution in [2.75, 3.05) is 39.0 Å². The maximum absolute atomic E-state index is 12.9. The SMILES string of the molecule is CCOC(=O)C1=C(C)NC(SCC(=O)Nc2ccccc2C)=N[C@@H]1c1cc(OC)c(OC)c(OC)c1. The van der Waals surface area contributed by atoms with Gasteiger partial charge in [0.05, 0.1) is 39.3 Å². The van der Waals surface area contributed by atoms with Gasteiger partial charge in [-0.2, -0.15) is 0 Å². The number of rotatable bonds is 9. The minimum absolute atomic E-state index is 0.129. The lowest BCUT2D eigenvalue weighted by Crippen LogP contribution is -2.31. The van der Waals surface area contributed by atoms with Crippen LogP contribution in [0.1, 0.15) is 31.0 Å². The van der Waals surface area contributed by atoms with Crippen LogP contribution in [0.25, 0.3) is 0 Å². The number of amides is 1. The Morgan fingerprint density at radius 2 is 1.72 bits per heavy atom. The molecule has 2 aromatic rings. The summed E-state index contributed by atoms with van der Waals surface area (Å²) in [6.45, 7) is 5.68. The van der Waals surface area contributed by atoms with Crippen molar-refractivity contribution < 1.29 is 28.5 Å². The standard InChI is InChI=1S/C26H31N3O6S/c1-7-35-25(31)22-16(3)27-26(36-14-21(30)28-18-11-9-8-10-15(18)2)29-23(22)17-12-19(32-4)24(34-6)20(13-17)33-5/h8-13,23H,7,14H2,1-6H3,(H,27,29)(H,28,30)/t23-/m1/s1. The van der Waals surface area contributed by atoms with Crippen LogP contribution in [-0.2, 0) is 14.3 Å². The molecule has 0 spiro atoms. The third-order valence-electron chi connectivity index (χ3n) is 5.48. The summed E-state index contributed by atoms with van der Waals surface area (Å²) in [4.78, 5) is 30.2. The number of allylic oxidation sites excluding steroid dienone is 1. The van der Waals surface area contributed by atoms with Gasteiger partial charge in [-0.1, -0.05) is 30.0 Å². The first kappa shape index (κ1) is 26.9. The largest absolute Gasteiger partial charge is 0.493 e. The van der Waals surface area contributed by atoms with Gasteiger partial charge in [0.1, 0.15) is 6.04 Å². The molecule has 3 rings (SSSR count). The van der Waals surface area contributed by atoms with E-state index in [0.717, 1.165) is 11.3 Å². The Morgan fingerprint density at radius 1 is 1.06 bits per heavy atom. The molecule has 0 aromatic heterocycles. The average Bonchev–Trinajstić information content (AvgIpc) is 2.87. The van der Waals surface area contributed by atoms with Crippen molar-refractivity contribution in [3.63, 3.8) is 0 Å². The number of benzene rings is 2. The Labute approximate surface area is 215 Å². The molecule has 0 fully saturated rings. The van der Waals surface area contributed by atoms with Gasteiger partial charge in [-0.3, -0.25) is 4.79 Å². The van der Waals surface area contributed by atoms with Crippen LogP contribution in [0.2, 0.25) is 0 Å². The van der Waals surface area contributed by atoms with Crippen LogP contribution in [0.5, 0.6) is 17.2 Å². The van der Waals surface area contributed by atoms with E-state index in [2.05, 4.69) is 10.6 Å². The number of nitrogens with one attached hydrogen (secondary N) is 2. The molecule has 2 N–H and O–H groups in total. The molecule has 0 saturated carbocycles. The van der Waals surface area contributed by atoms with Crippen LogP contribution in [0.15, 0.2) is 52.7 Å². The molecule has 1 atom stereocenters. The number of aliphatic imine (C=N–C) groups is 1. The second-order valence-corrected chi connectivity index (χ2v) is 8.80. The highest BCUT2D eigenvalue weighted by molar-refractivity contribution is 8.14. The van der Waals surface area contributed by atoms with Crippen LogP contribution >= 0.6 is 11.8 Å². The van der Waals surface area contributed by atoms with Gasteiger partial charge in [0, 0.05) is 11.4 Å². The number of hydrogen-bond donors (Lipinski definition) is 2. The first-order valence-electron chi connectivity index (χ1n) is 11.3. The molecule has 0 unspecified atom stereocenters. The van der Waals surface area contributed by atoms with Gasteiger partial charge in [-0.25, -0.2) is 9.79 Å². The molecular weight excluding hydrogens is 482 g/mol. The van der Waals surface area contributed by atoms with Gasteiger partial charge < -0.3 is 29.6 Å². The van der Waals surface area contributed by atoms with Gasteiger partial charge in [-0.05, 0) is 50.1 Å². The number of hydrogen-bond acceptors (Lipinski definition) is 9. The smallest absolute Gasteiger partial charge is 0.338 e. The molecule has 1 aliphatic heterocycles. The molecule has 1 aliphatic rings. The molecule has 192 valence electrons. The number of anilines is 1. The van der Waals surface area contributed by atoms with Crippen LogP contribution < -0.4 is 24.8 Å². The van der Waals surface area contributed by atoms with Gasteiger partial charge in [0.25, 0.3) is 0 Å². The molecule has 0 radical (unpaired) electrons. The molecule has 2 aromatic carbocycles. The van der Waals surface area contributed by atoms with Crippen molar-refractivity contribution in [3.05, 3.63) is 58.8 Å². The van der Waals surface area contributed by atoms with Crippen molar-refractivity contribution in [3.8, 4) is 17.2 Å². The molecule has 10 heteroatoms. The summed E-state index contributed by atoms with van der Waals surface area (Å²) in [5.41, 5.74) is 3.33. The first-order valence-corrected chi connectivity index (χ1v) is 12.3. The average molecular weight is 514 g/mol. The van der Waals surface area contributed by atoms with Crippen molar-refractivity contribution in [1.82, 2.24) is 5.32 Å². The molecule has 0 saturated heterocycles. The van der Waals surface area contributed by atoms with Crippen molar-refractivity contribution in [2.45, 2.75) is 26.8 Å². The molecule has 1 amide bonds. The van der Waals surface area contributed by atoms with Crippen LogP contribution in [0, 0.1) is 6.92 Å². The number of methoxy groups -OCH3 is 3. The Bertz CT molecular complexity index is 1170. The van der Waals surface area contributed by atoms with E-state index in [-0.39, 0.29) is 18.3 Å². The fourth-order valence-electron chi connectivity index (χ4n) is 3.73. The van der Waals surface area contributed by atoms with Gasteiger partial charge in [-0.15, -0.1) is 0 Å². The molecule has 0 bridgehead atoms. The Morgan fingerprint density at radius 3 is 2.31 bits per heavy atom. The third-order valence-corrected chi connectivity index (χ3v) is 6.36. The number of thioether (sulfide) groups is 1. The van der Waals surface area contributed by atoms with E-state index in [1.165, 1.54) is 33.1 Å². The predicted octanol–water partition coefficient (Wildman–Crippen LogP) is 4.23. The summed E-state index contributed by atoms with van der Waals surface area (Å²) in [5.74, 6) is 0.792. The van der Waals surface area contributed by atoms with E-state index in [9.17, 15) is 9.59 Å². The number of para-hydroxylation sites is 1. The lowest BCUT2D eigenvalue weighted by atomic mass is 9.96. The summed E-state index contributed by atoms with van der Waals surface area (Å²) < 4.78 is 21.7. The van der Waals surface area contributed by atoms with E-state index >= 15 is 0 Å². The number of carbonyl (C=O) groups is 2. The number of nitrogens with zero attached hydrogens (tertiary/aromatic N) is 1. The topological polar surface area (TPSA) is 107 Å². The van der Waals surface area contributed by atoms with Crippen molar-refractivity contribution >= 4 is 34.5 Å². The summed E-state index contributed by atoms with van der Waals surface area (Å²) in [6.07, 6.45) is 0. The number of esters is 1. The highest BCUT2D eigenvalue weighted by atomic mass is 32.2. The van der Waals surface area contributed by atoms with E-state index in [4.69, 9.17) is 23.9 Å². The van der Waals surface area contributed by atoms with E-state index in [0.29, 0.717) is 39.2 Å². The first-order chi connectivity index (χ1) is 17.3. The maximum atomic E-state index is 12.9. The molecular formula is C26H31N3O6S. The number of aryl methyl sites for hydroxylation is 1. The zero-order valence-electron chi connectivity index (χ0n) is 21.3. The highest BCUT2D eigenvalue weighted by Gasteiger charge is 2.32. The van der Waals surface area contributed by atoms with E-state index < -0.39 is 12.0 Å². The molecule has 1 heterocycles. The summed E-state index contributed by atoms with van der Waals surface area (Å²) in [5, 5.41) is 6.55. The van der Waals surface area contributed by atoms with Gasteiger partial charge in [0.2, 0.25) is 11.7 Å². The van der Waals surface area contributed by atoms with E-state index in [1.807, 2.05) is 31.2 Å². The van der Waals surface area contributed by atoms with E-state index in [1.54, 1.807) is 26.0 Å². The second-order valence-electron chi connectivity index (χ2n) is 7.83. The third kappa shape index (κ3) is 6.12. The number of carbonyl (C=O) groups excluding carboxylic acids is 2. The quantitative estimate of drug-likeness (QED) is 0.480. The fraction of sp³-hybridized carbons (Fsp3) is 0.346. The normalized spacial score (nSPS) is 14.9. The van der Waals surface area contributed by atoms with Crippen LogP contribution in [0.3, 0.4) is 0 Å². The second kappa shape index (κ2) is 12.3. The monoisotopic (exact) mass is 513 g/mol. The summed E-state index contributed by atoms with van der Waals surface area (Å²) in [7, 11) is 4.57. The maximum Gasteiger partial charge on any atom is 0.338 e. The predicted molar refractivity (Wildman–Crippen MR) is 141 cm³/mol. The summed E-state index contributed by atoms with van der Waals surface area (Å²) in [6, 6.07) is 10.4. The van der Waals surface area contributed by atoms with Crippen molar-refractivity contribution in [1.29, 1.82) is 0 Å². The minimum Gasteiger partial charge on any atom is -0.493 e. The van der Waals surface area contributed by atoms with Gasteiger partial charge in [0.15, 0.2) is 16.7 Å². The minimum atomic E-state index is -0.707. The summed E-state index contributed by atoms with van der Waals surface area (Å²) >= 11 is 1.24. The van der Waals surface area contributed by atoms with Gasteiger partial charge >= 0.3 is 5.97 Å². The highest BCUT2D eigenvalue weighted by Crippen LogP contribution is 2.43. The molecule has 0 aliphatic carbocycles.